The molecule has 2 rings (SSSR count). The molecule has 1 heterocycles. The lowest BCUT2D eigenvalue weighted by molar-refractivity contribution is 0.0691. The molecule has 0 atom stereocenters. The van der Waals surface area contributed by atoms with Crippen molar-refractivity contribution in [2.24, 2.45) is 5.92 Å². The molecule has 1 aliphatic heterocycles. The molecule has 1 aromatic carbocycles. The van der Waals surface area contributed by atoms with Crippen molar-refractivity contribution in [2.45, 2.75) is 20.5 Å². The van der Waals surface area contributed by atoms with E-state index in [0.717, 1.165) is 38.3 Å². The number of carbonyl (C=O) groups is 1. The SMILES string of the molecule is CC(C)CN1CCN(C(=O)OCc2ccccc2)CC1. The maximum atomic E-state index is 12.0. The Balaban J connectivity index is 1.72. The van der Waals surface area contributed by atoms with Gasteiger partial charge < -0.3 is 9.64 Å². The van der Waals surface area contributed by atoms with Crippen molar-refractivity contribution in [3.05, 3.63) is 35.9 Å². The van der Waals surface area contributed by atoms with Crippen molar-refractivity contribution in [3.8, 4) is 0 Å². The van der Waals surface area contributed by atoms with Gasteiger partial charge in [-0.15, -0.1) is 0 Å². The molecule has 1 aliphatic rings. The predicted molar refractivity (Wildman–Crippen MR) is 79.5 cm³/mol. The Kier molecular flexibility index (Phi) is 5.41. The van der Waals surface area contributed by atoms with E-state index < -0.39 is 0 Å². The summed E-state index contributed by atoms with van der Waals surface area (Å²) in [7, 11) is 0. The van der Waals surface area contributed by atoms with Crippen LogP contribution in [0, 0.1) is 5.92 Å². The fourth-order valence-electron chi connectivity index (χ4n) is 2.44. The quantitative estimate of drug-likeness (QED) is 0.847. The lowest BCUT2D eigenvalue weighted by atomic mass is 10.2. The van der Waals surface area contributed by atoms with Gasteiger partial charge in [0.05, 0.1) is 0 Å². The zero-order chi connectivity index (χ0) is 14.4. The van der Waals surface area contributed by atoms with E-state index in [0.29, 0.717) is 12.5 Å². The van der Waals surface area contributed by atoms with Gasteiger partial charge in [-0.2, -0.15) is 0 Å². The molecule has 1 amide bonds. The Morgan fingerprint density at radius 2 is 1.80 bits per heavy atom. The van der Waals surface area contributed by atoms with Gasteiger partial charge in [-0.3, -0.25) is 4.90 Å². The van der Waals surface area contributed by atoms with Gasteiger partial charge in [0.2, 0.25) is 0 Å². The first kappa shape index (κ1) is 14.9. The minimum atomic E-state index is -0.196. The molecule has 0 aromatic heterocycles. The zero-order valence-corrected chi connectivity index (χ0v) is 12.4. The molecule has 4 heteroatoms. The molecule has 0 saturated carbocycles. The molecule has 20 heavy (non-hydrogen) atoms. The summed E-state index contributed by atoms with van der Waals surface area (Å²) >= 11 is 0. The smallest absolute Gasteiger partial charge is 0.410 e. The summed E-state index contributed by atoms with van der Waals surface area (Å²) in [6, 6.07) is 9.79. The molecular formula is C16H24N2O2. The molecule has 1 fully saturated rings. The highest BCUT2D eigenvalue weighted by Gasteiger charge is 2.22. The van der Waals surface area contributed by atoms with Crippen LogP contribution >= 0.6 is 0 Å². The van der Waals surface area contributed by atoms with Crippen molar-refractivity contribution in [1.82, 2.24) is 9.80 Å². The lowest BCUT2D eigenvalue weighted by Gasteiger charge is -2.34. The monoisotopic (exact) mass is 276 g/mol. The van der Waals surface area contributed by atoms with E-state index in [4.69, 9.17) is 4.74 Å². The van der Waals surface area contributed by atoms with Gasteiger partial charge in [0, 0.05) is 32.7 Å². The average Bonchev–Trinajstić information content (AvgIpc) is 2.46. The van der Waals surface area contributed by atoms with Crippen LogP contribution in [0.1, 0.15) is 19.4 Å². The van der Waals surface area contributed by atoms with Crippen molar-refractivity contribution in [3.63, 3.8) is 0 Å². The molecule has 0 bridgehead atoms. The Morgan fingerprint density at radius 1 is 1.15 bits per heavy atom. The second-order valence-corrected chi connectivity index (χ2v) is 5.72. The van der Waals surface area contributed by atoms with E-state index in [1.54, 1.807) is 4.90 Å². The largest absolute Gasteiger partial charge is 0.445 e. The maximum absolute atomic E-state index is 12.0. The van der Waals surface area contributed by atoms with E-state index in [2.05, 4.69) is 18.7 Å². The third kappa shape index (κ3) is 4.53. The number of piperazine rings is 1. The number of hydrogen-bond donors (Lipinski definition) is 0. The summed E-state index contributed by atoms with van der Waals surface area (Å²) in [6.07, 6.45) is -0.196. The number of carbonyl (C=O) groups excluding carboxylic acids is 1. The van der Waals surface area contributed by atoms with Crippen LogP contribution in [0.2, 0.25) is 0 Å². The first-order valence-corrected chi connectivity index (χ1v) is 7.33. The summed E-state index contributed by atoms with van der Waals surface area (Å²) in [4.78, 5) is 16.2. The van der Waals surface area contributed by atoms with Gasteiger partial charge in [-0.25, -0.2) is 4.79 Å². The highest BCUT2D eigenvalue weighted by molar-refractivity contribution is 5.67. The number of nitrogens with zero attached hydrogens (tertiary/aromatic N) is 2. The number of amides is 1. The van der Waals surface area contributed by atoms with Crippen LogP contribution < -0.4 is 0 Å². The molecular weight excluding hydrogens is 252 g/mol. The molecule has 0 N–H and O–H groups in total. The summed E-state index contributed by atoms with van der Waals surface area (Å²) in [5.74, 6) is 0.673. The third-order valence-corrected chi connectivity index (χ3v) is 3.46. The minimum absolute atomic E-state index is 0.196. The standard InChI is InChI=1S/C16H24N2O2/c1-14(2)12-17-8-10-18(11-9-17)16(19)20-13-15-6-4-3-5-7-15/h3-7,14H,8-13H2,1-2H3. The van der Waals surface area contributed by atoms with Crippen LogP contribution in [0.4, 0.5) is 4.79 Å². The fraction of sp³-hybridized carbons (Fsp3) is 0.562. The van der Waals surface area contributed by atoms with Gasteiger partial charge in [0.15, 0.2) is 0 Å². The Bertz CT molecular complexity index is 412. The molecule has 0 aliphatic carbocycles. The van der Waals surface area contributed by atoms with Gasteiger partial charge in [-0.1, -0.05) is 44.2 Å². The fourth-order valence-corrected chi connectivity index (χ4v) is 2.44. The molecule has 1 saturated heterocycles. The first-order valence-electron chi connectivity index (χ1n) is 7.33. The zero-order valence-electron chi connectivity index (χ0n) is 12.4. The van der Waals surface area contributed by atoms with Crippen LogP contribution in [0.3, 0.4) is 0 Å². The Hall–Kier alpha value is -1.55. The number of benzene rings is 1. The summed E-state index contributed by atoms with van der Waals surface area (Å²) in [5.41, 5.74) is 1.03. The van der Waals surface area contributed by atoms with E-state index in [9.17, 15) is 4.79 Å². The number of ether oxygens (including phenoxy) is 1. The van der Waals surface area contributed by atoms with Gasteiger partial charge in [0.1, 0.15) is 6.61 Å². The van der Waals surface area contributed by atoms with Crippen LogP contribution in [0.15, 0.2) is 30.3 Å². The maximum Gasteiger partial charge on any atom is 0.410 e. The van der Waals surface area contributed by atoms with Crippen molar-refractivity contribution < 1.29 is 9.53 Å². The topological polar surface area (TPSA) is 32.8 Å². The number of rotatable bonds is 4. The highest BCUT2D eigenvalue weighted by atomic mass is 16.6. The van der Waals surface area contributed by atoms with Gasteiger partial charge in [0.25, 0.3) is 0 Å². The summed E-state index contributed by atoms with van der Waals surface area (Å²) in [5, 5.41) is 0. The van der Waals surface area contributed by atoms with Crippen LogP contribution in [-0.4, -0.2) is 48.6 Å². The molecule has 0 unspecified atom stereocenters. The van der Waals surface area contributed by atoms with E-state index in [-0.39, 0.29) is 6.09 Å². The Labute approximate surface area is 121 Å². The van der Waals surface area contributed by atoms with Crippen molar-refractivity contribution in [1.29, 1.82) is 0 Å². The van der Waals surface area contributed by atoms with E-state index in [1.165, 1.54) is 0 Å². The van der Waals surface area contributed by atoms with Gasteiger partial charge >= 0.3 is 6.09 Å². The normalized spacial score (nSPS) is 16.4. The van der Waals surface area contributed by atoms with E-state index >= 15 is 0 Å². The van der Waals surface area contributed by atoms with E-state index in [1.807, 2.05) is 30.3 Å². The third-order valence-electron chi connectivity index (χ3n) is 3.46. The molecule has 0 spiro atoms. The second kappa shape index (κ2) is 7.29. The van der Waals surface area contributed by atoms with Gasteiger partial charge in [-0.05, 0) is 11.5 Å². The Morgan fingerprint density at radius 3 is 2.40 bits per heavy atom. The lowest BCUT2D eigenvalue weighted by Crippen LogP contribution is -2.49. The second-order valence-electron chi connectivity index (χ2n) is 5.72. The summed E-state index contributed by atoms with van der Waals surface area (Å²) < 4.78 is 5.35. The first-order chi connectivity index (χ1) is 9.65. The minimum Gasteiger partial charge on any atom is -0.445 e. The average molecular weight is 276 g/mol. The molecule has 0 radical (unpaired) electrons. The van der Waals surface area contributed by atoms with Crippen molar-refractivity contribution in [2.75, 3.05) is 32.7 Å². The predicted octanol–water partition coefficient (Wildman–Crippen LogP) is 2.60. The molecule has 4 nitrogen and oxygen atoms in total. The molecule has 1 aromatic rings. The van der Waals surface area contributed by atoms with Crippen LogP contribution in [-0.2, 0) is 11.3 Å². The van der Waals surface area contributed by atoms with Crippen molar-refractivity contribution >= 4 is 6.09 Å². The highest BCUT2D eigenvalue weighted by Crippen LogP contribution is 2.08. The summed E-state index contributed by atoms with van der Waals surface area (Å²) in [6.45, 7) is 9.32. The van der Waals surface area contributed by atoms with Crippen LogP contribution in [0.5, 0.6) is 0 Å². The number of hydrogen-bond acceptors (Lipinski definition) is 3. The van der Waals surface area contributed by atoms with Crippen LogP contribution in [0.25, 0.3) is 0 Å². The molecule has 110 valence electrons.